The lowest BCUT2D eigenvalue weighted by Crippen LogP contribution is -2.42. The first-order valence-electron chi connectivity index (χ1n) is 11.9. The molecule has 188 valence electrons. The van der Waals surface area contributed by atoms with E-state index in [1.165, 1.54) is 49.4 Å². The van der Waals surface area contributed by atoms with Gasteiger partial charge >= 0.3 is 11.9 Å². The van der Waals surface area contributed by atoms with Crippen molar-refractivity contribution in [3.05, 3.63) is 52.8 Å². The average Bonchev–Trinajstić information content (AvgIpc) is 2.76. The third-order valence-electron chi connectivity index (χ3n) is 6.50. The van der Waals surface area contributed by atoms with Gasteiger partial charge < -0.3 is 19.5 Å². The topological polar surface area (TPSA) is 104 Å². The third-order valence-corrected chi connectivity index (χ3v) is 6.50. The van der Waals surface area contributed by atoms with Gasteiger partial charge in [0.2, 0.25) is 5.75 Å². The summed E-state index contributed by atoms with van der Waals surface area (Å²) in [6, 6.07) is 6.91. The molecular formula is C27H34N2O6. The summed E-state index contributed by atoms with van der Waals surface area (Å²) in [6.45, 7) is 8.83. The number of benzene rings is 1. The SMILES string of the molecule is COc1ccnc(C(=O)N[C@@H](C)C(=O)O[C@@H](C)[C@@H](c2ccc(C)cc2C)C2CCC2)c1OC(C)=O. The molecule has 1 aliphatic rings. The third kappa shape index (κ3) is 6.18. The van der Waals surface area contributed by atoms with Crippen LogP contribution in [0.3, 0.4) is 0 Å². The second-order valence-corrected chi connectivity index (χ2v) is 9.20. The number of pyridine rings is 1. The highest BCUT2D eigenvalue weighted by Gasteiger charge is 2.36. The molecular weight excluding hydrogens is 448 g/mol. The fourth-order valence-electron chi connectivity index (χ4n) is 4.57. The number of methoxy groups -OCH3 is 1. The molecule has 1 amide bonds. The van der Waals surface area contributed by atoms with Gasteiger partial charge in [0.15, 0.2) is 11.4 Å². The Morgan fingerprint density at radius 3 is 2.40 bits per heavy atom. The Hall–Kier alpha value is -3.42. The Balaban J connectivity index is 1.73. The van der Waals surface area contributed by atoms with Crippen LogP contribution in [0.4, 0.5) is 0 Å². The van der Waals surface area contributed by atoms with Crippen LogP contribution in [0.5, 0.6) is 11.5 Å². The monoisotopic (exact) mass is 482 g/mol. The van der Waals surface area contributed by atoms with Crippen LogP contribution in [0.1, 0.15) is 73.1 Å². The highest BCUT2D eigenvalue weighted by Crippen LogP contribution is 2.43. The van der Waals surface area contributed by atoms with Gasteiger partial charge in [-0.15, -0.1) is 0 Å². The van der Waals surface area contributed by atoms with E-state index in [1.807, 2.05) is 6.92 Å². The Morgan fingerprint density at radius 2 is 1.83 bits per heavy atom. The Bertz CT molecular complexity index is 1100. The highest BCUT2D eigenvalue weighted by atomic mass is 16.6. The zero-order chi connectivity index (χ0) is 25.7. The van der Waals surface area contributed by atoms with Crippen LogP contribution in [0.15, 0.2) is 30.5 Å². The first-order valence-corrected chi connectivity index (χ1v) is 11.9. The van der Waals surface area contributed by atoms with Crippen molar-refractivity contribution in [2.45, 2.75) is 71.9 Å². The van der Waals surface area contributed by atoms with Crippen molar-refractivity contribution in [2.24, 2.45) is 5.92 Å². The second kappa shape index (κ2) is 11.3. The number of hydrogen-bond donors (Lipinski definition) is 1. The maximum Gasteiger partial charge on any atom is 0.328 e. The van der Waals surface area contributed by atoms with Crippen LogP contribution in [0.2, 0.25) is 0 Å². The number of rotatable bonds is 9. The molecule has 2 aromatic rings. The largest absolute Gasteiger partial charge is 0.493 e. The van der Waals surface area contributed by atoms with Gasteiger partial charge in [0.25, 0.3) is 5.91 Å². The van der Waals surface area contributed by atoms with E-state index < -0.39 is 23.9 Å². The van der Waals surface area contributed by atoms with Crippen molar-refractivity contribution >= 4 is 17.8 Å². The Kier molecular flexibility index (Phi) is 8.48. The summed E-state index contributed by atoms with van der Waals surface area (Å²) >= 11 is 0. The van der Waals surface area contributed by atoms with Crippen molar-refractivity contribution in [2.75, 3.05) is 7.11 Å². The molecule has 0 unspecified atom stereocenters. The molecule has 8 heteroatoms. The smallest absolute Gasteiger partial charge is 0.328 e. The minimum atomic E-state index is -0.940. The van der Waals surface area contributed by atoms with E-state index in [2.05, 4.69) is 42.3 Å². The van der Waals surface area contributed by atoms with Gasteiger partial charge in [0.1, 0.15) is 12.1 Å². The summed E-state index contributed by atoms with van der Waals surface area (Å²) in [5.41, 5.74) is 3.42. The summed E-state index contributed by atoms with van der Waals surface area (Å²) in [6.07, 6.45) is 4.38. The molecule has 8 nitrogen and oxygen atoms in total. The molecule has 1 aromatic heterocycles. The standard InChI is InChI=1S/C27H34N2O6/c1-15-10-11-21(16(2)14-15)23(20-8-7-9-20)18(4)34-27(32)17(3)29-26(31)24-25(35-19(5)30)22(33-6)12-13-28-24/h10-14,17-18,20,23H,7-9H2,1-6H3,(H,29,31)/t17-,18-,23+/m0/s1. The lowest BCUT2D eigenvalue weighted by atomic mass is 9.70. The number of aryl methyl sites for hydroxylation is 2. The maximum absolute atomic E-state index is 12.9. The van der Waals surface area contributed by atoms with Crippen molar-refractivity contribution in [3.63, 3.8) is 0 Å². The van der Waals surface area contributed by atoms with Gasteiger partial charge in [-0.05, 0) is 57.6 Å². The van der Waals surface area contributed by atoms with Crippen molar-refractivity contribution in [1.82, 2.24) is 10.3 Å². The number of esters is 2. The van der Waals surface area contributed by atoms with Crippen LogP contribution in [-0.2, 0) is 14.3 Å². The summed E-state index contributed by atoms with van der Waals surface area (Å²) in [4.78, 5) is 41.3. The van der Waals surface area contributed by atoms with Crippen LogP contribution in [0.25, 0.3) is 0 Å². The van der Waals surface area contributed by atoms with E-state index in [0.29, 0.717) is 5.92 Å². The lowest BCUT2D eigenvalue weighted by Gasteiger charge is -2.38. The van der Waals surface area contributed by atoms with Gasteiger partial charge in [-0.25, -0.2) is 9.78 Å². The predicted molar refractivity (Wildman–Crippen MR) is 131 cm³/mol. The van der Waals surface area contributed by atoms with Gasteiger partial charge in [0, 0.05) is 25.1 Å². The maximum atomic E-state index is 12.9. The number of amides is 1. The van der Waals surface area contributed by atoms with E-state index in [-0.39, 0.29) is 29.2 Å². The molecule has 1 aromatic carbocycles. The molecule has 1 N–H and O–H groups in total. The molecule has 0 spiro atoms. The fraction of sp³-hybridized carbons (Fsp3) is 0.481. The zero-order valence-electron chi connectivity index (χ0n) is 21.2. The number of carbonyl (C=O) groups excluding carboxylic acids is 3. The second-order valence-electron chi connectivity index (χ2n) is 9.20. The van der Waals surface area contributed by atoms with E-state index >= 15 is 0 Å². The van der Waals surface area contributed by atoms with Crippen molar-refractivity contribution in [3.8, 4) is 11.5 Å². The van der Waals surface area contributed by atoms with Crippen LogP contribution in [-0.4, -0.2) is 42.1 Å². The van der Waals surface area contributed by atoms with E-state index in [1.54, 1.807) is 6.92 Å². The molecule has 3 rings (SSSR count). The number of ether oxygens (including phenoxy) is 3. The fourth-order valence-corrected chi connectivity index (χ4v) is 4.57. The highest BCUT2D eigenvalue weighted by molar-refractivity contribution is 5.98. The number of aromatic nitrogens is 1. The summed E-state index contributed by atoms with van der Waals surface area (Å²) in [5, 5.41) is 2.60. The molecule has 35 heavy (non-hydrogen) atoms. The molecule has 0 bridgehead atoms. The quantitative estimate of drug-likeness (QED) is 0.533. The summed E-state index contributed by atoms with van der Waals surface area (Å²) in [5.74, 6) is -1.22. The van der Waals surface area contributed by atoms with Gasteiger partial charge in [0.05, 0.1) is 7.11 Å². The number of nitrogens with zero attached hydrogens (tertiary/aromatic N) is 1. The molecule has 1 fully saturated rings. The van der Waals surface area contributed by atoms with E-state index in [9.17, 15) is 14.4 Å². The zero-order valence-corrected chi connectivity index (χ0v) is 21.2. The summed E-state index contributed by atoms with van der Waals surface area (Å²) in [7, 11) is 1.39. The minimum Gasteiger partial charge on any atom is -0.493 e. The van der Waals surface area contributed by atoms with Gasteiger partial charge in [-0.3, -0.25) is 9.59 Å². The van der Waals surface area contributed by atoms with Crippen LogP contribution in [0, 0.1) is 19.8 Å². The van der Waals surface area contributed by atoms with E-state index in [4.69, 9.17) is 14.2 Å². The Labute approximate surface area is 206 Å². The molecule has 0 aliphatic heterocycles. The average molecular weight is 483 g/mol. The number of hydrogen-bond acceptors (Lipinski definition) is 7. The molecule has 1 aliphatic carbocycles. The normalized spacial score (nSPS) is 15.8. The van der Waals surface area contributed by atoms with Crippen molar-refractivity contribution < 1.29 is 28.6 Å². The molecule has 1 saturated carbocycles. The minimum absolute atomic E-state index is 0.0896. The summed E-state index contributed by atoms with van der Waals surface area (Å²) < 4.78 is 16.2. The van der Waals surface area contributed by atoms with Crippen LogP contribution >= 0.6 is 0 Å². The van der Waals surface area contributed by atoms with Gasteiger partial charge in [-0.1, -0.05) is 30.2 Å². The van der Waals surface area contributed by atoms with Crippen molar-refractivity contribution in [1.29, 1.82) is 0 Å². The molecule has 3 atom stereocenters. The predicted octanol–water partition coefficient (Wildman–Crippen LogP) is 4.27. The van der Waals surface area contributed by atoms with E-state index in [0.717, 1.165) is 12.8 Å². The molecule has 0 saturated heterocycles. The number of carbonyl (C=O) groups is 3. The van der Waals surface area contributed by atoms with Gasteiger partial charge in [-0.2, -0.15) is 0 Å². The first kappa shape index (κ1) is 26.2. The first-order chi connectivity index (χ1) is 16.6. The van der Waals surface area contributed by atoms with Crippen LogP contribution < -0.4 is 14.8 Å². The molecule has 1 heterocycles. The molecule has 0 radical (unpaired) electrons. The number of nitrogens with one attached hydrogen (secondary N) is 1. The lowest BCUT2D eigenvalue weighted by molar-refractivity contribution is -0.152. The Morgan fingerprint density at radius 1 is 1.11 bits per heavy atom.